The molecule has 2 heterocycles. The Morgan fingerprint density at radius 2 is 1.84 bits per heavy atom. The molecule has 6 nitrogen and oxygen atoms in total. The summed E-state index contributed by atoms with van der Waals surface area (Å²) in [5.74, 6) is -0.0867. The summed E-state index contributed by atoms with van der Waals surface area (Å²) in [6, 6.07) is 14.7. The van der Waals surface area contributed by atoms with Crippen LogP contribution in [0.4, 0.5) is 15.9 Å². The van der Waals surface area contributed by atoms with E-state index in [2.05, 4.69) is 29.6 Å². The first-order valence-corrected chi connectivity index (χ1v) is 10.5. The van der Waals surface area contributed by atoms with Crippen LogP contribution in [0.5, 0.6) is 0 Å². The minimum absolute atomic E-state index is 0.0366. The molecule has 32 heavy (non-hydrogen) atoms. The number of nitrogens with one attached hydrogen (secondary N) is 2. The third-order valence-electron chi connectivity index (χ3n) is 5.96. The zero-order chi connectivity index (χ0) is 22.5. The number of fused-ring (bicyclic) bond motifs is 1. The van der Waals surface area contributed by atoms with E-state index in [1.54, 1.807) is 16.8 Å². The Kier molecular flexibility index (Phi) is 4.69. The van der Waals surface area contributed by atoms with Gasteiger partial charge in [-0.05, 0) is 41.7 Å². The highest BCUT2D eigenvalue weighted by Crippen LogP contribution is 2.46. The fourth-order valence-corrected chi connectivity index (χ4v) is 4.55. The van der Waals surface area contributed by atoms with Crippen LogP contribution in [-0.2, 0) is 4.79 Å². The van der Waals surface area contributed by atoms with E-state index in [0.29, 0.717) is 35.5 Å². The molecule has 0 saturated heterocycles. The van der Waals surface area contributed by atoms with Crippen LogP contribution in [0.25, 0.3) is 0 Å². The number of rotatable bonds is 3. The predicted molar refractivity (Wildman–Crippen MR) is 120 cm³/mol. The molecule has 1 aliphatic heterocycles. The van der Waals surface area contributed by atoms with Crippen LogP contribution >= 0.6 is 0 Å². The third-order valence-corrected chi connectivity index (χ3v) is 5.96. The maximum atomic E-state index is 13.6. The minimum Gasteiger partial charge on any atom is -0.343 e. The van der Waals surface area contributed by atoms with Crippen LogP contribution in [0, 0.1) is 11.2 Å². The topological polar surface area (TPSA) is 76.0 Å². The number of aromatic nitrogens is 2. The highest BCUT2D eigenvalue weighted by atomic mass is 19.1. The van der Waals surface area contributed by atoms with Crippen molar-refractivity contribution < 1.29 is 14.0 Å². The van der Waals surface area contributed by atoms with Gasteiger partial charge in [-0.15, -0.1) is 0 Å². The van der Waals surface area contributed by atoms with Crippen molar-refractivity contribution in [3.8, 4) is 0 Å². The van der Waals surface area contributed by atoms with Crippen molar-refractivity contribution in [3.05, 3.63) is 89.0 Å². The number of halogens is 1. The van der Waals surface area contributed by atoms with Gasteiger partial charge >= 0.3 is 0 Å². The van der Waals surface area contributed by atoms with Gasteiger partial charge in [-0.2, -0.15) is 5.10 Å². The Bertz CT molecular complexity index is 1240. The molecule has 2 aromatic carbocycles. The second-order valence-electron chi connectivity index (χ2n) is 9.08. The molecule has 162 valence electrons. The van der Waals surface area contributed by atoms with Crippen molar-refractivity contribution in [2.45, 2.75) is 32.7 Å². The number of allylic oxidation sites excluding steroid dienone is 2. The van der Waals surface area contributed by atoms with Gasteiger partial charge < -0.3 is 10.6 Å². The lowest BCUT2D eigenvalue weighted by atomic mass is 9.73. The number of carbonyl (C=O) groups is 2. The summed E-state index contributed by atoms with van der Waals surface area (Å²) in [5, 5.41) is 10.7. The van der Waals surface area contributed by atoms with Gasteiger partial charge in [0, 0.05) is 23.4 Å². The summed E-state index contributed by atoms with van der Waals surface area (Å²) in [6.07, 6.45) is 2.59. The van der Waals surface area contributed by atoms with E-state index in [4.69, 9.17) is 0 Å². The molecule has 1 atom stereocenters. The Balaban J connectivity index is 1.60. The number of benzene rings is 2. The van der Waals surface area contributed by atoms with E-state index >= 15 is 0 Å². The lowest BCUT2D eigenvalue weighted by molar-refractivity contribution is -0.118. The van der Waals surface area contributed by atoms with Crippen molar-refractivity contribution in [2.24, 2.45) is 5.41 Å². The van der Waals surface area contributed by atoms with Crippen LogP contribution in [0.15, 0.2) is 72.1 Å². The van der Waals surface area contributed by atoms with Crippen molar-refractivity contribution in [1.29, 1.82) is 0 Å². The smallest absolute Gasteiger partial charge is 0.261 e. The van der Waals surface area contributed by atoms with E-state index in [1.807, 2.05) is 30.3 Å². The van der Waals surface area contributed by atoms with Gasteiger partial charge in [-0.25, -0.2) is 9.07 Å². The largest absolute Gasteiger partial charge is 0.343 e. The van der Waals surface area contributed by atoms with Crippen molar-refractivity contribution in [2.75, 3.05) is 10.6 Å². The maximum absolute atomic E-state index is 13.6. The maximum Gasteiger partial charge on any atom is 0.261 e. The highest BCUT2D eigenvalue weighted by Gasteiger charge is 2.42. The molecule has 0 bridgehead atoms. The molecule has 2 aliphatic rings. The predicted octanol–water partition coefficient (Wildman–Crippen LogP) is 4.93. The fourth-order valence-electron chi connectivity index (χ4n) is 4.55. The first-order valence-electron chi connectivity index (χ1n) is 10.5. The molecule has 0 spiro atoms. The molecule has 0 radical (unpaired) electrons. The summed E-state index contributed by atoms with van der Waals surface area (Å²) in [5.41, 5.74) is 3.02. The number of Topliss-reactive ketones (excluding diaryl/α,β-unsaturated/α-hetero) is 1. The Morgan fingerprint density at radius 1 is 1.12 bits per heavy atom. The summed E-state index contributed by atoms with van der Waals surface area (Å²) >= 11 is 0. The van der Waals surface area contributed by atoms with Crippen LogP contribution < -0.4 is 10.6 Å². The molecule has 3 aromatic rings. The second-order valence-corrected chi connectivity index (χ2v) is 9.08. The van der Waals surface area contributed by atoms with Crippen LogP contribution in [0.1, 0.15) is 48.7 Å². The molecule has 2 N–H and O–H groups in total. The number of nitrogens with zero attached hydrogens (tertiary/aromatic N) is 2. The van der Waals surface area contributed by atoms with Crippen molar-refractivity contribution in [1.82, 2.24) is 9.78 Å². The van der Waals surface area contributed by atoms with Crippen molar-refractivity contribution >= 4 is 23.2 Å². The summed E-state index contributed by atoms with van der Waals surface area (Å²) in [4.78, 5) is 26.2. The molecule has 1 amide bonds. The Morgan fingerprint density at radius 3 is 2.56 bits per heavy atom. The second kappa shape index (κ2) is 7.44. The number of amides is 1. The van der Waals surface area contributed by atoms with Gasteiger partial charge in [0.2, 0.25) is 0 Å². The monoisotopic (exact) mass is 430 g/mol. The number of anilines is 2. The zero-order valence-electron chi connectivity index (χ0n) is 17.9. The number of hydrogen-bond acceptors (Lipinski definition) is 4. The van der Waals surface area contributed by atoms with Gasteiger partial charge in [0.1, 0.15) is 23.2 Å². The standard InChI is InChI=1S/C25H23FN4O2/c1-25(2)12-19-21(20(31)13-25)22(15-8-10-16(26)11-9-15)30-23(29-19)18(14-27-30)24(32)28-17-6-4-3-5-7-17/h3-11,14,22,29H,12-13H2,1-2H3,(H,28,32)/t22-/m1/s1. The Hall–Kier alpha value is -3.74. The number of carbonyl (C=O) groups excluding carboxylic acids is 2. The van der Waals surface area contributed by atoms with Crippen LogP contribution in [-0.4, -0.2) is 21.5 Å². The van der Waals surface area contributed by atoms with E-state index < -0.39 is 6.04 Å². The van der Waals surface area contributed by atoms with E-state index in [1.165, 1.54) is 18.3 Å². The molecular weight excluding hydrogens is 407 g/mol. The molecule has 0 fully saturated rings. The molecule has 0 saturated carbocycles. The first-order chi connectivity index (χ1) is 15.3. The SMILES string of the molecule is CC1(C)CC(=O)C2=C(C1)Nc1c(C(=O)Nc3ccccc3)cnn1[C@@H]2c1ccc(F)cc1. The summed E-state index contributed by atoms with van der Waals surface area (Å²) in [6.45, 7) is 4.11. The first kappa shape index (κ1) is 20.2. The van der Waals surface area contributed by atoms with Crippen LogP contribution in [0.3, 0.4) is 0 Å². The van der Waals surface area contributed by atoms with E-state index in [0.717, 1.165) is 11.3 Å². The van der Waals surface area contributed by atoms with Crippen LogP contribution in [0.2, 0.25) is 0 Å². The highest BCUT2D eigenvalue weighted by molar-refractivity contribution is 6.08. The van der Waals surface area contributed by atoms with Gasteiger partial charge in [0.05, 0.1) is 6.20 Å². The quantitative estimate of drug-likeness (QED) is 0.618. The molecule has 5 rings (SSSR count). The molecule has 1 aromatic heterocycles. The number of para-hydroxylation sites is 1. The summed E-state index contributed by atoms with van der Waals surface area (Å²) in [7, 11) is 0. The molecule has 1 aliphatic carbocycles. The van der Waals surface area contributed by atoms with Gasteiger partial charge in [-0.3, -0.25) is 9.59 Å². The third kappa shape index (κ3) is 3.49. The average Bonchev–Trinajstić information content (AvgIpc) is 3.16. The van der Waals surface area contributed by atoms with Gasteiger partial charge in [-0.1, -0.05) is 44.2 Å². The van der Waals surface area contributed by atoms with Crippen molar-refractivity contribution in [3.63, 3.8) is 0 Å². The molecule has 7 heteroatoms. The van der Waals surface area contributed by atoms with Gasteiger partial charge in [0.15, 0.2) is 5.78 Å². The normalized spacial score (nSPS) is 19.1. The fraction of sp³-hybridized carbons (Fsp3) is 0.240. The summed E-state index contributed by atoms with van der Waals surface area (Å²) < 4.78 is 15.3. The molecule has 0 unspecified atom stereocenters. The number of hydrogen-bond donors (Lipinski definition) is 2. The zero-order valence-corrected chi connectivity index (χ0v) is 17.9. The minimum atomic E-state index is -0.524. The lowest BCUT2D eigenvalue weighted by Crippen LogP contribution is -2.37. The lowest BCUT2D eigenvalue weighted by Gasteiger charge is -2.39. The van der Waals surface area contributed by atoms with E-state index in [-0.39, 0.29) is 22.9 Å². The Labute approximate surface area is 185 Å². The van der Waals surface area contributed by atoms with Gasteiger partial charge in [0.25, 0.3) is 5.91 Å². The number of ketones is 1. The van der Waals surface area contributed by atoms with E-state index in [9.17, 15) is 14.0 Å². The average molecular weight is 430 g/mol. The molecular formula is C25H23FN4O2.